The van der Waals surface area contributed by atoms with Gasteiger partial charge in [-0.05, 0) is 13.3 Å². The van der Waals surface area contributed by atoms with Gasteiger partial charge in [-0.25, -0.2) is 9.79 Å². The molecule has 1 fully saturated rings. The topological polar surface area (TPSA) is 65.0 Å². The summed E-state index contributed by atoms with van der Waals surface area (Å²) in [6, 6.07) is 0. The van der Waals surface area contributed by atoms with Crippen LogP contribution in [0.2, 0.25) is 0 Å². The first-order valence-electron chi connectivity index (χ1n) is 6.54. The van der Waals surface area contributed by atoms with Crippen molar-refractivity contribution in [3.8, 4) is 0 Å². The van der Waals surface area contributed by atoms with E-state index in [1.807, 2.05) is 20.8 Å². The summed E-state index contributed by atoms with van der Waals surface area (Å²) in [7, 11) is 1.52. The smallest absolute Gasteiger partial charge is 0.335 e. The number of methoxy groups -OCH3 is 1. The molecule has 2 rings (SSSR count). The summed E-state index contributed by atoms with van der Waals surface area (Å²) in [5.74, 6) is 0.0430. The monoisotopic (exact) mass is 267 g/mol. The van der Waals surface area contributed by atoms with Crippen LogP contribution in [0.3, 0.4) is 0 Å². The third kappa shape index (κ3) is 1.95. The molecule has 1 heterocycles. The molecule has 0 amide bonds. The van der Waals surface area contributed by atoms with Crippen LogP contribution in [-0.4, -0.2) is 35.9 Å². The van der Waals surface area contributed by atoms with Crippen LogP contribution in [-0.2, 0) is 19.1 Å². The lowest BCUT2D eigenvalue weighted by atomic mass is 9.76. The maximum absolute atomic E-state index is 12.4. The van der Waals surface area contributed by atoms with Crippen molar-refractivity contribution in [2.24, 2.45) is 10.4 Å². The first-order chi connectivity index (χ1) is 8.64. The van der Waals surface area contributed by atoms with Crippen molar-refractivity contribution in [3.63, 3.8) is 0 Å². The van der Waals surface area contributed by atoms with Gasteiger partial charge < -0.3 is 9.47 Å². The second-order valence-corrected chi connectivity index (χ2v) is 6.54. The molecule has 0 N–H and O–H groups in total. The van der Waals surface area contributed by atoms with E-state index < -0.39 is 17.1 Å². The number of rotatable bonds is 0. The Morgan fingerprint density at radius 2 is 1.95 bits per heavy atom. The maximum atomic E-state index is 12.4. The Kier molecular flexibility index (Phi) is 2.99. The molecule has 1 spiro atoms. The number of esters is 1. The SMILES string of the molecule is COC1=N[C@]2(CCC(=O)C2)C(=O)O[C@]1(C)C(C)(C)C. The third-order valence-corrected chi connectivity index (χ3v) is 4.33. The molecule has 1 aliphatic heterocycles. The summed E-state index contributed by atoms with van der Waals surface area (Å²) < 4.78 is 11.0. The molecule has 19 heavy (non-hydrogen) atoms. The standard InChI is InChI=1S/C14H21NO4/c1-12(2,3)13(4)10(18-5)15-14(11(17)19-13)7-6-9(16)8-14/h6-8H2,1-5H3/t13-,14-/m0/s1. The molecule has 106 valence electrons. The Morgan fingerprint density at radius 3 is 2.37 bits per heavy atom. The highest BCUT2D eigenvalue weighted by Crippen LogP contribution is 2.44. The Balaban J connectivity index is 2.49. The van der Waals surface area contributed by atoms with Gasteiger partial charge in [0.25, 0.3) is 0 Å². The molecule has 1 aliphatic carbocycles. The quantitative estimate of drug-likeness (QED) is 0.629. The van der Waals surface area contributed by atoms with Crippen LogP contribution in [0.4, 0.5) is 0 Å². The molecule has 0 unspecified atom stereocenters. The number of ether oxygens (including phenoxy) is 2. The van der Waals surface area contributed by atoms with Crippen LogP contribution in [0.5, 0.6) is 0 Å². The van der Waals surface area contributed by atoms with E-state index in [9.17, 15) is 9.59 Å². The van der Waals surface area contributed by atoms with E-state index in [2.05, 4.69) is 4.99 Å². The average molecular weight is 267 g/mol. The number of hydrogen-bond acceptors (Lipinski definition) is 5. The minimum Gasteiger partial charge on any atom is -0.481 e. The number of carbonyl (C=O) groups is 2. The molecule has 0 aromatic carbocycles. The highest BCUT2D eigenvalue weighted by Gasteiger charge is 2.58. The van der Waals surface area contributed by atoms with Gasteiger partial charge in [0.1, 0.15) is 5.78 Å². The van der Waals surface area contributed by atoms with E-state index in [0.29, 0.717) is 18.7 Å². The Labute approximate surface area is 113 Å². The highest BCUT2D eigenvalue weighted by atomic mass is 16.6. The largest absolute Gasteiger partial charge is 0.481 e. The summed E-state index contributed by atoms with van der Waals surface area (Å²) in [4.78, 5) is 28.3. The zero-order chi connectivity index (χ0) is 14.5. The minimum absolute atomic E-state index is 0.0514. The molecule has 0 aromatic rings. The van der Waals surface area contributed by atoms with Gasteiger partial charge in [0.05, 0.1) is 7.11 Å². The first kappa shape index (κ1) is 14.0. The fourth-order valence-electron chi connectivity index (χ4n) is 2.50. The molecular formula is C14H21NO4. The van der Waals surface area contributed by atoms with E-state index >= 15 is 0 Å². The summed E-state index contributed by atoms with van der Waals surface area (Å²) in [5, 5.41) is 0. The highest BCUT2D eigenvalue weighted by molar-refractivity contribution is 6.01. The minimum atomic E-state index is -1.05. The second-order valence-electron chi connectivity index (χ2n) is 6.54. The molecule has 1 saturated carbocycles. The van der Waals surface area contributed by atoms with Crippen molar-refractivity contribution < 1.29 is 19.1 Å². The van der Waals surface area contributed by atoms with Crippen LogP contribution in [0.15, 0.2) is 4.99 Å². The fourth-order valence-corrected chi connectivity index (χ4v) is 2.50. The van der Waals surface area contributed by atoms with Gasteiger partial charge in [0, 0.05) is 18.3 Å². The summed E-state index contributed by atoms with van der Waals surface area (Å²) in [6.07, 6.45) is 0.915. The van der Waals surface area contributed by atoms with Crippen molar-refractivity contribution in [3.05, 3.63) is 0 Å². The molecule has 0 radical (unpaired) electrons. The van der Waals surface area contributed by atoms with Gasteiger partial charge in [0.2, 0.25) is 5.90 Å². The van der Waals surface area contributed by atoms with E-state index in [4.69, 9.17) is 9.47 Å². The summed E-state index contributed by atoms with van der Waals surface area (Å²) in [6.45, 7) is 7.70. The van der Waals surface area contributed by atoms with Crippen LogP contribution < -0.4 is 0 Å². The second kappa shape index (κ2) is 4.05. The molecule has 0 bridgehead atoms. The van der Waals surface area contributed by atoms with Crippen LogP contribution >= 0.6 is 0 Å². The van der Waals surface area contributed by atoms with E-state index in [1.165, 1.54) is 7.11 Å². The predicted molar refractivity (Wildman–Crippen MR) is 70.0 cm³/mol. The normalized spacial score (nSPS) is 35.3. The van der Waals surface area contributed by atoms with Crippen LogP contribution in [0.1, 0.15) is 47.0 Å². The lowest BCUT2D eigenvalue weighted by Crippen LogP contribution is -2.59. The zero-order valence-corrected chi connectivity index (χ0v) is 12.2. The fraction of sp³-hybridized carbons (Fsp3) is 0.786. The molecule has 2 aliphatic rings. The maximum Gasteiger partial charge on any atom is 0.335 e. The average Bonchev–Trinajstić information content (AvgIpc) is 2.65. The van der Waals surface area contributed by atoms with Gasteiger partial charge in [-0.2, -0.15) is 0 Å². The van der Waals surface area contributed by atoms with Crippen molar-refractivity contribution in [2.45, 2.75) is 58.1 Å². The van der Waals surface area contributed by atoms with Gasteiger partial charge >= 0.3 is 5.97 Å². The van der Waals surface area contributed by atoms with Crippen molar-refractivity contribution in [1.82, 2.24) is 0 Å². The van der Waals surface area contributed by atoms with E-state index in [0.717, 1.165) is 0 Å². The number of aliphatic imine (C=N–C) groups is 1. The number of nitrogens with zero attached hydrogens (tertiary/aromatic N) is 1. The van der Waals surface area contributed by atoms with Gasteiger partial charge in [0.15, 0.2) is 11.1 Å². The van der Waals surface area contributed by atoms with Gasteiger partial charge in [-0.15, -0.1) is 0 Å². The third-order valence-electron chi connectivity index (χ3n) is 4.33. The lowest BCUT2D eigenvalue weighted by Gasteiger charge is -2.45. The van der Waals surface area contributed by atoms with Crippen molar-refractivity contribution in [1.29, 1.82) is 0 Å². The molecule has 0 saturated heterocycles. The van der Waals surface area contributed by atoms with Gasteiger partial charge in [-0.3, -0.25) is 4.79 Å². The number of carbonyl (C=O) groups excluding carboxylic acids is 2. The molecule has 5 nitrogen and oxygen atoms in total. The molecular weight excluding hydrogens is 246 g/mol. The molecule has 2 atom stereocenters. The number of Topliss-reactive ketones (excluding diaryl/α,β-unsaturated/α-hetero) is 1. The number of cyclic esters (lactones) is 1. The molecule has 5 heteroatoms. The zero-order valence-electron chi connectivity index (χ0n) is 12.2. The molecule has 0 aromatic heterocycles. The van der Waals surface area contributed by atoms with E-state index in [-0.39, 0.29) is 17.6 Å². The van der Waals surface area contributed by atoms with E-state index in [1.54, 1.807) is 6.92 Å². The summed E-state index contributed by atoms with van der Waals surface area (Å²) in [5.41, 5.74) is -2.30. The van der Waals surface area contributed by atoms with Crippen LogP contribution in [0, 0.1) is 5.41 Å². The Morgan fingerprint density at radius 1 is 1.32 bits per heavy atom. The van der Waals surface area contributed by atoms with Crippen molar-refractivity contribution >= 4 is 17.7 Å². The predicted octanol–water partition coefficient (Wildman–Crippen LogP) is 1.88. The van der Waals surface area contributed by atoms with Crippen molar-refractivity contribution in [2.75, 3.05) is 7.11 Å². The Bertz CT molecular complexity index is 463. The van der Waals surface area contributed by atoms with Gasteiger partial charge in [-0.1, -0.05) is 20.8 Å². The first-order valence-corrected chi connectivity index (χ1v) is 6.54. The number of ketones is 1. The van der Waals surface area contributed by atoms with Crippen LogP contribution in [0.25, 0.3) is 0 Å². The lowest BCUT2D eigenvalue weighted by molar-refractivity contribution is -0.172. The Hall–Kier alpha value is -1.39. The number of hydrogen-bond donors (Lipinski definition) is 0. The summed E-state index contributed by atoms with van der Waals surface area (Å²) >= 11 is 0.